The largest absolute Gasteiger partial charge is 0.508 e. The maximum Gasteiger partial charge on any atom is 0.118 e. The molecule has 0 aliphatic heterocycles. The number of phenolic OH excluding ortho intramolecular Hbond substituents is 1. The van der Waals surface area contributed by atoms with Crippen molar-refractivity contribution in [2.45, 2.75) is 13.5 Å². The zero-order chi connectivity index (χ0) is 13.1. The first-order chi connectivity index (χ1) is 8.58. The monoisotopic (exact) mass is 281 g/mol. The Labute approximate surface area is 116 Å². The van der Waals surface area contributed by atoms with Crippen LogP contribution in [0, 0.1) is 6.92 Å². The molecule has 0 amide bonds. The number of benzene rings is 2. The van der Waals surface area contributed by atoms with Gasteiger partial charge in [-0.3, -0.25) is 0 Å². The zero-order valence-electron chi connectivity index (χ0n) is 9.87. The molecule has 0 saturated heterocycles. The third kappa shape index (κ3) is 2.89. The van der Waals surface area contributed by atoms with Gasteiger partial charge in [-0.2, -0.15) is 0 Å². The molecule has 0 saturated carbocycles. The van der Waals surface area contributed by atoms with Gasteiger partial charge in [-0.05, 0) is 42.8 Å². The van der Waals surface area contributed by atoms with Crippen LogP contribution in [-0.2, 0) is 6.54 Å². The molecule has 2 aromatic carbocycles. The second-order valence-electron chi connectivity index (χ2n) is 4.06. The van der Waals surface area contributed by atoms with Crippen molar-refractivity contribution in [3.8, 4) is 5.75 Å². The molecule has 4 heteroatoms. The van der Waals surface area contributed by atoms with Crippen molar-refractivity contribution in [3.05, 3.63) is 57.6 Å². The van der Waals surface area contributed by atoms with Gasteiger partial charge in [-0.25, -0.2) is 0 Å². The quantitative estimate of drug-likeness (QED) is 0.805. The average molecular weight is 282 g/mol. The molecule has 0 spiro atoms. The minimum atomic E-state index is 0.288. The summed E-state index contributed by atoms with van der Waals surface area (Å²) in [6, 6.07) is 10.8. The normalized spacial score (nSPS) is 10.4. The van der Waals surface area contributed by atoms with Crippen molar-refractivity contribution in [2.24, 2.45) is 0 Å². The molecule has 2 rings (SSSR count). The van der Waals surface area contributed by atoms with E-state index in [0.29, 0.717) is 16.6 Å². The topological polar surface area (TPSA) is 32.3 Å². The van der Waals surface area contributed by atoms with Gasteiger partial charge < -0.3 is 10.4 Å². The van der Waals surface area contributed by atoms with Crippen molar-refractivity contribution in [1.29, 1.82) is 0 Å². The summed E-state index contributed by atoms with van der Waals surface area (Å²) in [6.07, 6.45) is 0. The van der Waals surface area contributed by atoms with Crippen molar-refractivity contribution >= 4 is 28.9 Å². The number of phenols is 1. The molecule has 18 heavy (non-hydrogen) atoms. The maximum absolute atomic E-state index is 9.45. The highest BCUT2D eigenvalue weighted by molar-refractivity contribution is 6.36. The fraction of sp³-hybridized carbons (Fsp3) is 0.143. The lowest BCUT2D eigenvalue weighted by Crippen LogP contribution is -2.01. The third-order valence-electron chi connectivity index (χ3n) is 2.73. The number of rotatable bonds is 3. The Hall–Kier alpha value is -1.38. The van der Waals surface area contributed by atoms with Gasteiger partial charge >= 0.3 is 0 Å². The summed E-state index contributed by atoms with van der Waals surface area (Å²) in [7, 11) is 0. The van der Waals surface area contributed by atoms with Gasteiger partial charge in [0.1, 0.15) is 5.75 Å². The van der Waals surface area contributed by atoms with E-state index in [4.69, 9.17) is 23.2 Å². The molecule has 0 aromatic heterocycles. The minimum absolute atomic E-state index is 0.288. The Morgan fingerprint density at radius 3 is 2.39 bits per heavy atom. The van der Waals surface area contributed by atoms with Gasteiger partial charge in [0.05, 0.1) is 0 Å². The molecule has 2 nitrogen and oxygen atoms in total. The summed E-state index contributed by atoms with van der Waals surface area (Å²) >= 11 is 12.2. The molecule has 2 N–H and O–H groups in total. The van der Waals surface area contributed by atoms with Crippen molar-refractivity contribution in [2.75, 3.05) is 5.32 Å². The molecule has 0 heterocycles. The second kappa shape index (κ2) is 5.51. The number of aryl methyl sites for hydroxylation is 1. The van der Waals surface area contributed by atoms with E-state index in [2.05, 4.69) is 5.32 Å². The number of hydrogen-bond acceptors (Lipinski definition) is 2. The first-order valence-electron chi connectivity index (χ1n) is 5.54. The summed E-state index contributed by atoms with van der Waals surface area (Å²) in [4.78, 5) is 0. The molecule has 0 aliphatic rings. The van der Waals surface area contributed by atoms with E-state index in [0.717, 1.165) is 16.8 Å². The highest BCUT2D eigenvalue weighted by atomic mass is 35.5. The number of nitrogens with one attached hydrogen (secondary N) is 1. The summed E-state index contributed by atoms with van der Waals surface area (Å²) in [5, 5.41) is 14.0. The predicted molar refractivity (Wildman–Crippen MR) is 76.6 cm³/mol. The summed E-state index contributed by atoms with van der Waals surface area (Å²) in [5.41, 5.74) is 2.61. The smallest absolute Gasteiger partial charge is 0.118 e. The predicted octanol–water partition coefficient (Wildman–Crippen LogP) is 4.62. The molecular formula is C14H13Cl2NO. The Morgan fingerprint density at radius 2 is 1.78 bits per heavy atom. The molecule has 0 aliphatic carbocycles. The highest BCUT2D eigenvalue weighted by Crippen LogP contribution is 2.26. The summed E-state index contributed by atoms with van der Waals surface area (Å²) in [6.45, 7) is 2.39. The SMILES string of the molecule is Cc1cc(NCc2c(Cl)cccc2Cl)ccc1O. The van der Waals surface area contributed by atoms with Gasteiger partial charge in [-0.15, -0.1) is 0 Å². The molecule has 0 atom stereocenters. The highest BCUT2D eigenvalue weighted by Gasteiger charge is 2.05. The minimum Gasteiger partial charge on any atom is -0.508 e. The average Bonchev–Trinajstić information content (AvgIpc) is 2.33. The fourth-order valence-corrected chi connectivity index (χ4v) is 2.19. The van der Waals surface area contributed by atoms with E-state index in [1.54, 1.807) is 6.07 Å². The molecule has 94 valence electrons. The van der Waals surface area contributed by atoms with Crippen LogP contribution in [-0.4, -0.2) is 5.11 Å². The van der Waals surface area contributed by atoms with Crippen LogP contribution in [0.3, 0.4) is 0 Å². The van der Waals surface area contributed by atoms with E-state index < -0.39 is 0 Å². The Morgan fingerprint density at radius 1 is 1.11 bits per heavy atom. The number of aromatic hydroxyl groups is 1. The van der Waals surface area contributed by atoms with Crippen LogP contribution in [0.15, 0.2) is 36.4 Å². The van der Waals surface area contributed by atoms with Crippen LogP contribution in [0.2, 0.25) is 10.0 Å². The molecule has 0 fully saturated rings. The summed E-state index contributed by atoms with van der Waals surface area (Å²) < 4.78 is 0. The van der Waals surface area contributed by atoms with E-state index in [-0.39, 0.29) is 5.75 Å². The number of anilines is 1. The first-order valence-corrected chi connectivity index (χ1v) is 6.30. The standard InChI is InChI=1S/C14H13Cl2NO/c1-9-7-10(5-6-14(9)18)17-8-11-12(15)3-2-4-13(11)16/h2-7,17-18H,8H2,1H3. The van der Waals surface area contributed by atoms with E-state index in [9.17, 15) is 5.11 Å². The summed E-state index contributed by atoms with van der Waals surface area (Å²) in [5.74, 6) is 0.288. The molecule has 0 radical (unpaired) electrons. The Bertz CT molecular complexity index is 549. The van der Waals surface area contributed by atoms with E-state index in [1.807, 2.05) is 37.3 Å². The first kappa shape index (κ1) is 13.1. The van der Waals surface area contributed by atoms with E-state index in [1.165, 1.54) is 0 Å². The second-order valence-corrected chi connectivity index (χ2v) is 4.87. The maximum atomic E-state index is 9.45. The van der Waals surface area contributed by atoms with Gasteiger partial charge in [-0.1, -0.05) is 29.3 Å². The lowest BCUT2D eigenvalue weighted by Gasteiger charge is -2.10. The van der Waals surface area contributed by atoms with Gasteiger partial charge in [0.25, 0.3) is 0 Å². The van der Waals surface area contributed by atoms with Gasteiger partial charge in [0, 0.05) is 27.8 Å². The fourth-order valence-electron chi connectivity index (χ4n) is 1.66. The number of halogens is 2. The molecule has 0 bridgehead atoms. The van der Waals surface area contributed by atoms with Crippen LogP contribution in [0.5, 0.6) is 5.75 Å². The zero-order valence-corrected chi connectivity index (χ0v) is 11.4. The Balaban J connectivity index is 2.14. The van der Waals surface area contributed by atoms with Crippen molar-refractivity contribution < 1.29 is 5.11 Å². The van der Waals surface area contributed by atoms with Crippen LogP contribution in [0.25, 0.3) is 0 Å². The lowest BCUT2D eigenvalue weighted by molar-refractivity contribution is 0.471. The van der Waals surface area contributed by atoms with Gasteiger partial charge in [0.2, 0.25) is 0 Å². The van der Waals surface area contributed by atoms with Crippen LogP contribution in [0.1, 0.15) is 11.1 Å². The molecular weight excluding hydrogens is 269 g/mol. The van der Waals surface area contributed by atoms with Crippen LogP contribution >= 0.6 is 23.2 Å². The number of hydrogen-bond donors (Lipinski definition) is 2. The van der Waals surface area contributed by atoms with Crippen LogP contribution in [0.4, 0.5) is 5.69 Å². The van der Waals surface area contributed by atoms with E-state index >= 15 is 0 Å². The van der Waals surface area contributed by atoms with Gasteiger partial charge in [0.15, 0.2) is 0 Å². The molecule has 0 unspecified atom stereocenters. The molecule has 2 aromatic rings. The third-order valence-corrected chi connectivity index (χ3v) is 3.44. The lowest BCUT2D eigenvalue weighted by atomic mass is 10.2. The van der Waals surface area contributed by atoms with Crippen LogP contribution < -0.4 is 5.32 Å². The van der Waals surface area contributed by atoms with Crippen molar-refractivity contribution in [1.82, 2.24) is 0 Å². The Kier molecular flexibility index (Phi) is 4.00. The van der Waals surface area contributed by atoms with Crippen molar-refractivity contribution in [3.63, 3.8) is 0 Å².